The molecular weight excluding hydrogens is 282 g/mol. The zero-order valence-corrected chi connectivity index (χ0v) is 13.4. The zero-order valence-electron chi connectivity index (χ0n) is 13.4. The second-order valence-electron chi connectivity index (χ2n) is 6.91. The van der Waals surface area contributed by atoms with Crippen molar-refractivity contribution >= 4 is 0 Å². The lowest BCUT2D eigenvalue weighted by molar-refractivity contribution is 0.113. The predicted molar refractivity (Wildman–Crippen MR) is 83.6 cm³/mol. The van der Waals surface area contributed by atoms with E-state index in [1.54, 1.807) is 19.1 Å². The standard InChI is InChI=1S/C19H24F2O/c1-12-3-10-17(22-11-12)15-7-5-14(6-8-15)16-9-4-13(2)18(20)19(16)21/h4,9-10,12,14-15H,3,5-8,11H2,1-2H3. The van der Waals surface area contributed by atoms with Gasteiger partial charge in [0.15, 0.2) is 11.6 Å². The molecule has 22 heavy (non-hydrogen) atoms. The summed E-state index contributed by atoms with van der Waals surface area (Å²) in [6.45, 7) is 4.61. The van der Waals surface area contributed by atoms with Crippen molar-refractivity contribution in [2.75, 3.05) is 6.61 Å². The van der Waals surface area contributed by atoms with Crippen LogP contribution in [0, 0.1) is 30.4 Å². The van der Waals surface area contributed by atoms with Gasteiger partial charge in [0.2, 0.25) is 0 Å². The average Bonchev–Trinajstić information content (AvgIpc) is 2.54. The van der Waals surface area contributed by atoms with Gasteiger partial charge in [-0.25, -0.2) is 8.78 Å². The van der Waals surface area contributed by atoms with Crippen molar-refractivity contribution in [3.63, 3.8) is 0 Å². The van der Waals surface area contributed by atoms with Gasteiger partial charge in [0, 0.05) is 5.92 Å². The van der Waals surface area contributed by atoms with Crippen molar-refractivity contribution < 1.29 is 13.5 Å². The van der Waals surface area contributed by atoms with Crippen LogP contribution in [-0.4, -0.2) is 6.61 Å². The Bertz CT molecular complexity index is 571. The van der Waals surface area contributed by atoms with Crippen LogP contribution >= 0.6 is 0 Å². The molecule has 0 saturated heterocycles. The van der Waals surface area contributed by atoms with E-state index < -0.39 is 11.6 Å². The predicted octanol–water partition coefficient (Wildman–Crippen LogP) is 5.49. The molecule has 0 spiro atoms. The van der Waals surface area contributed by atoms with Crippen LogP contribution in [0.3, 0.4) is 0 Å². The summed E-state index contributed by atoms with van der Waals surface area (Å²) in [4.78, 5) is 0. The minimum Gasteiger partial charge on any atom is -0.498 e. The molecule has 2 aliphatic rings. The van der Waals surface area contributed by atoms with Crippen molar-refractivity contribution in [1.82, 2.24) is 0 Å². The van der Waals surface area contributed by atoms with E-state index in [2.05, 4.69) is 13.0 Å². The van der Waals surface area contributed by atoms with Crippen LogP contribution in [0.25, 0.3) is 0 Å². The summed E-state index contributed by atoms with van der Waals surface area (Å²) in [5.41, 5.74) is 0.929. The van der Waals surface area contributed by atoms with Gasteiger partial charge >= 0.3 is 0 Å². The third-order valence-corrected chi connectivity index (χ3v) is 5.13. The third-order valence-electron chi connectivity index (χ3n) is 5.13. The maximum absolute atomic E-state index is 14.1. The van der Waals surface area contributed by atoms with Gasteiger partial charge in [-0.15, -0.1) is 0 Å². The van der Waals surface area contributed by atoms with Gasteiger partial charge in [0.1, 0.15) is 0 Å². The molecule has 1 aromatic rings. The van der Waals surface area contributed by atoms with Crippen LogP contribution in [0.2, 0.25) is 0 Å². The van der Waals surface area contributed by atoms with E-state index in [9.17, 15) is 8.78 Å². The lowest BCUT2D eigenvalue weighted by atomic mass is 9.77. The van der Waals surface area contributed by atoms with Crippen LogP contribution in [0.1, 0.15) is 56.1 Å². The first kappa shape index (κ1) is 15.5. The van der Waals surface area contributed by atoms with Crippen LogP contribution in [-0.2, 0) is 4.74 Å². The average molecular weight is 306 g/mol. The SMILES string of the molecule is Cc1ccc(C2CCC(C3=CCC(C)CO3)CC2)c(F)c1F. The molecule has 0 radical (unpaired) electrons. The normalized spacial score (nSPS) is 28.9. The summed E-state index contributed by atoms with van der Waals surface area (Å²) >= 11 is 0. The number of benzene rings is 1. The minimum absolute atomic E-state index is 0.134. The number of hydrogen-bond acceptors (Lipinski definition) is 1. The van der Waals surface area contributed by atoms with Crippen molar-refractivity contribution in [1.29, 1.82) is 0 Å². The molecule has 1 atom stereocenters. The summed E-state index contributed by atoms with van der Waals surface area (Å²) in [6, 6.07) is 3.45. The second kappa shape index (κ2) is 6.39. The van der Waals surface area contributed by atoms with Gasteiger partial charge in [-0.05, 0) is 68.1 Å². The largest absolute Gasteiger partial charge is 0.498 e. The molecule has 0 bridgehead atoms. The highest BCUT2D eigenvalue weighted by atomic mass is 19.2. The number of hydrogen-bond donors (Lipinski definition) is 0. The quantitative estimate of drug-likeness (QED) is 0.702. The van der Waals surface area contributed by atoms with Crippen LogP contribution < -0.4 is 0 Å². The van der Waals surface area contributed by atoms with E-state index >= 15 is 0 Å². The fourth-order valence-electron chi connectivity index (χ4n) is 3.63. The fourth-order valence-corrected chi connectivity index (χ4v) is 3.63. The smallest absolute Gasteiger partial charge is 0.162 e. The van der Waals surface area contributed by atoms with Gasteiger partial charge in [-0.3, -0.25) is 0 Å². The molecule has 0 N–H and O–H groups in total. The van der Waals surface area contributed by atoms with Crippen molar-refractivity contribution in [3.05, 3.63) is 46.7 Å². The monoisotopic (exact) mass is 306 g/mol. The van der Waals surface area contributed by atoms with E-state index in [1.165, 1.54) is 0 Å². The number of halogens is 2. The van der Waals surface area contributed by atoms with E-state index in [1.807, 2.05) is 0 Å². The van der Waals surface area contributed by atoms with Crippen LogP contribution in [0.15, 0.2) is 24.0 Å². The maximum Gasteiger partial charge on any atom is 0.162 e. The molecule has 0 amide bonds. The molecule has 3 heteroatoms. The van der Waals surface area contributed by atoms with E-state index in [0.29, 0.717) is 23.0 Å². The third kappa shape index (κ3) is 3.04. The fraction of sp³-hybridized carbons (Fsp3) is 0.579. The molecular formula is C19H24F2O. The Balaban J connectivity index is 1.66. The maximum atomic E-state index is 14.1. The zero-order chi connectivity index (χ0) is 15.7. The topological polar surface area (TPSA) is 9.23 Å². The van der Waals surface area contributed by atoms with Crippen molar-refractivity contribution in [3.8, 4) is 0 Å². The Labute approximate surface area is 131 Å². The summed E-state index contributed by atoms with van der Waals surface area (Å²) in [6.07, 6.45) is 7.12. The summed E-state index contributed by atoms with van der Waals surface area (Å²) < 4.78 is 33.7. The molecule has 0 aromatic heterocycles. The summed E-state index contributed by atoms with van der Waals surface area (Å²) in [5.74, 6) is 0.991. The lowest BCUT2D eigenvalue weighted by Crippen LogP contribution is -2.21. The Morgan fingerprint density at radius 2 is 1.68 bits per heavy atom. The summed E-state index contributed by atoms with van der Waals surface area (Å²) in [7, 11) is 0. The Kier molecular flexibility index (Phi) is 4.51. The van der Waals surface area contributed by atoms with E-state index in [-0.39, 0.29) is 5.92 Å². The lowest BCUT2D eigenvalue weighted by Gasteiger charge is -2.32. The van der Waals surface area contributed by atoms with Gasteiger partial charge in [0.25, 0.3) is 0 Å². The van der Waals surface area contributed by atoms with Crippen molar-refractivity contribution in [2.45, 2.75) is 51.9 Å². The van der Waals surface area contributed by atoms with E-state index in [0.717, 1.165) is 44.5 Å². The molecule has 1 nitrogen and oxygen atoms in total. The van der Waals surface area contributed by atoms with Crippen molar-refractivity contribution in [2.24, 2.45) is 11.8 Å². The highest BCUT2D eigenvalue weighted by Crippen LogP contribution is 2.41. The first-order chi connectivity index (χ1) is 10.6. The highest BCUT2D eigenvalue weighted by Gasteiger charge is 2.29. The van der Waals surface area contributed by atoms with E-state index in [4.69, 9.17) is 4.74 Å². The minimum atomic E-state index is -0.688. The van der Waals surface area contributed by atoms with Gasteiger partial charge in [-0.1, -0.05) is 19.1 Å². The molecule has 3 rings (SSSR count). The molecule has 1 aromatic carbocycles. The Hall–Kier alpha value is -1.38. The van der Waals surface area contributed by atoms with Crippen LogP contribution in [0.4, 0.5) is 8.78 Å². The van der Waals surface area contributed by atoms with Gasteiger partial charge in [-0.2, -0.15) is 0 Å². The first-order valence-corrected chi connectivity index (χ1v) is 8.33. The number of rotatable bonds is 2. The molecule has 120 valence electrons. The molecule has 1 fully saturated rings. The molecule has 1 aliphatic carbocycles. The van der Waals surface area contributed by atoms with Gasteiger partial charge in [0.05, 0.1) is 12.4 Å². The Morgan fingerprint density at radius 3 is 2.32 bits per heavy atom. The molecule has 1 heterocycles. The molecule has 1 saturated carbocycles. The first-order valence-electron chi connectivity index (χ1n) is 8.33. The number of aryl methyl sites for hydroxylation is 1. The molecule has 1 unspecified atom stereocenters. The van der Waals surface area contributed by atoms with Crippen LogP contribution in [0.5, 0.6) is 0 Å². The summed E-state index contributed by atoms with van der Waals surface area (Å²) in [5, 5.41) is 0. The van der Waals surface area contributed by atoms with Gasteiger partial charge < -0.3 is 4.74 Å². The second-order valence-corrected chi connectivity index (χ2v) is 6.91. The number of allylic oxidation sites excluding steroid dienone is 2. The number of ether oxygens (including phenoxy) is 1. The molecule has 1 aliphatic heterocycles. The Morgan fingerprint density at radius 1 is 1.00 bits per heavy atom. The highest BCUT2D eigenvalue weighted by molar-refractivity contribution is 5.28.